The third kappa shape index (κ3) is 11.1. The summed E-state index contributed by atoms with van der Waals surface area (Å²) in [6.07, 6.45) is 12.4. The number of ketones is 1. The highest BCUT2D eigenvalue weighted by Gasteiger charge is 2.45. The van der Waals surface area contributed by atoms with Crippen LogP contribution in [0.25, 0.3) is 16.5 Å². The molecule has 1 aromatic heterocycles. The number of rotatable bonds is 16. The van der Waals surface area contributed by atoms with Crippen molar-refractivity contribution in [2.24, 2.45) is 11.8 Å². The maximum Gasteiger partial charge on any atom is 0.331 e. The molecule has 3 aliphatic carbocycles. The van der Waals surface area contributed by atoms with Gasteiger partial charge in [0.25, 0.3) is 23.5 Å². The van der Waals surface area contributed by atoms with Gasteiger partial charge < -0.3 is 40.6 Å². The second kappa shape index (κ2) is 21.9. The topological polar surface area (TPSA) is 224 Å². The number of Topliss-reactive ketones (excluding diaryl/α,β-unsaturated/α-hetero) is 1. The summed E-state index contributed by atoms with van der Waals surface area (Å²) < 4.78 is 6.05. The number of hydrogen-bond donors (Lipinski definition) is 5. The number of benzene rings is 3. The largest absolute Gasteiger partial charge is 0.480 e. The van der Waals surface area contributed by atoms with Gasteiger partial charge in [0.1, 0.15) is 25.2 Å². The molecule has 8 rings (SSSR count). The number of H-pyrrole nitrogens is 1. The zero-order valence-corrected chi connectivity index (χ0v) is 38.9. The van der Waals surface area contributed by atoms with Gasteiger partial charge in [-0.25, -0.2) is 4.79 Å². The number of aromatic amines is 1. The minimum atomic E-state index is -1.44. The molecule has 16 heteroatoms. The first kappa shape index (κ1) is 48.4. The van der Waals surface area contributed by atoms with E-state index >= 15 is 4.79 Å². The number of anilines is 2. The lowest BCUT2D eigenvalue weighted by Crippen LogP contribution is -2.57. The predicted molar refractivity (Wildman–Crippen MR) is 257 cm³/mol. The number of fused-ring (bicyclic) bond motifs is 2. The molecule has 0 spiro atoms. The maximum absolute atomic E-state index is 15.4. The van der Waals surface area contributed by atoms with Crippen LogP contribution in [0, 0.1) is 18.8 Å². The minimum absolute atomic E-state index is 0.0113. The molecule has 5 N–H and O–H groups in total. The van der Waals surface area contributed by atoms with Crippen molar-refractivity contribution in [1.29, 1.82) is 0 Å². The number of esters is 1. The Morgan fingerprint density at radius 3 is 1.99 bits per heavy atom. The highest BCUT2D eigenvalue weighted by molar-refractivity contribution is 6.45. The Morgan fingerprint density at radius 2 is 1.32 bits per heavy atom. The number of amides is 5. The van der Waals surface area contributed by atoms with Crippen LogP contribution >= 0.6 is 0 Å². The number of nitrogens with one attached hydrogen (secondary N) is 4. The number of hydrogen-bond acceptors (Lipinski definition) is 9. The van der Waals surface area contributed by atoms with Crippen molar-refractivity contribution in [3.05, 3.63) is 101 Å². The molecule has 362 valence electrons. The monoisotopic (exact) mass is 940 g/mol. The van der Waals surface area contributed by atoms with Crippen molar-refractivity contribution < 1.29 is 48.2 Å². The molecule has 3 aromatic carbocycles. The van der Waals surface area contributed by atoms with Crippen molar-refractivity contribution in [2.45, 2.75) is 121 Å². The normalized spacial score (nSPS) is 18.2. The van der Waals surface area contributed by atoms with Crippen LogP contribution in [-0.4, -0.2) is 98.4 Å². The summed E-state index contributed by atoms with van der Waals surface area (Å²) >= 11 is 0. The van der Waals surface area contributed by atoms with Crippen LogP contribution in [0.2, 0.25) is 0 Å². The van der Waals surface area contributed by atoms with Crippen molar-refractivity contribution in [1.82, 2.24) is 20.1 Å². The van der Waals surface area contributed by atoms with Gasteiger partial charge in [-0.15, -0.1) is 0 Å². The molecule has 3 fully saturated rings. The van der Waals surface area contributed by atoms with Crippen molar-refractivity contribution in [3.8, 4) is 0 Å². The number of carboxylic acids is 1. The Bertz CT molecular complexity index is 2650. The molecular formula is C53H60N6O10. The van der Waals surface area contributed by atoms with E-state index in [4.69, 9.17) is 4.74 Å². The van der Waals surface area contributed by atoms with E-state index in [1.165, 1.54) is 12.3 Å². The third-order valence-corrected chi connectivity index (χ3v) is 14.1. The van der Waals surface area contributed by atoms with E-state index in [2.05, 4.69) is 20.9 Å². The molecule has 1 aliphatic heterocycles. The van der Waals surface area contributed by atoms with Crippen LogP contribution in [-0.2, 0) is 38.3 Å². The summed E-state index contributed by atoms with van der Waals surface area (Å²) in [5.74, 6) is -9.94. The number of aromatic nitrogens is 1. The Kier molecular flexibility index (Phi) is 15.3. The molecule has 5 amide bonds. The number of carbonyl (C=O) groups is 8. The van der Waals surface area contributed by atoms with Gasteiger partial charge in [0.15, 0.2) is 0 Å². The lowest BCUT2D eigenvalue weighted by atomic mass is 9.82. The molecule has 3 saturated carbocycles. The van der Waals surface area contributed by atoms with Gasteiger partial charge in [0.2, 0.25) is 17.6 Å². The summed E-state index contributed by atoms with van der Waals surface area (Å²) in [5.41, 5.74) is 1.95. The first-order valence-electron chi connectivity index (χ1n) is 24.4. The first-order chi connectivity index (χ1) is 33.4. The predicted octanol–water partition coefficient (Wildman–Crippen LogP) is 7.29. The zero-order valence-electron chi connectivity index (χ0n) is 38.9. The number of carboxylic acid groups (broad SMARTS) is 1. The van der Waals surface area contributed by atoms with E-state index in [1.807, 2.05) is 13.0 Å². The Morgan fingerprint density at radius 1 is 0.710 bits per heavy atom. The maximum atomic E-state index is 15.4. The lowest BCUT2D eigenvalue weighted by Gasteiger charge is -2.38. The number of aryl methyl sites for hydroxylation is 1. The van der Waals surface area contributed by atoms with Crippen molar-refractivity contribution in [3.63, 3.8) is 0 Å². The third-order valence-electron chi connectivity index (χ3n) is 14.1. The highest BCUT2D eigenvalue weighted by Crippen LogP contribution is 2.37. The van der Waals surface area contributed by atoms with Crippen LogP contribution in [0.3, 0.4) is 0 Å². The summed E-state index contributed by atoms with van der Waals surface area (Å²) in [4.78, 5) is 121. The van der Waals surface area contributed by atoms with Gasteiger partial charge in [0, 0.05) is 40.1 Å². The standard InChI is InChI=1S/C53H60N6O10/c1-32-16-15-23-36(28-32)56-51(66)46(34-19-7-3-8-20-34)59(52(67)47(63)39-29-54-40-26-13-11-24-37(39)40)31-43(62)69-48(44-38-25-12-14-27-41(38)57-49(44)64)53(68)58(30-42(60)61)45(33-17-5-2-6-18-33)50(65)55-35-21-9-4-10-22-35/h11-16,23-29,33-35,45-46,54H,2-10,17-22,30-31H2,1H3,(H,55,65)(H,56,66)(H,57,64)(H,60,61)/b48-44+. The molecule has 0 saturated heterocycles. The first-order valence-corrected chi connectivity index (χ1v) is 24.4. The van der Waals surface area contributed by atoms with Crippen LogP contribution in [0.5, 0.6) is 0 Å². The quantitative estimate of drug-likeness (QED) is 0.0248. The number of ether oxygens (including phenoxy) is 1. The fraction of sp³-hybridized carbons (Fsp3) is 0.434. The fourth-order valence-electron chi connectivity index (χ4n) is 10.8. The average Bonchev–Trinajstić information content (AvgIpc) is 3.93. The summed E-state index contributed by atoms with van der Waals surface area (Å²) in [7, 11) is 0. The van der Waals surface area contributed by atoms with E-state index in [-0.39, 0.29) is 28.4 Å². The lowest BCUT2D eigenvalue weighted by molar-refractivity contribution is -0.155. The number of carbonyl (C=O) groups excluding carboxylic acids is 7. The second-order valence-corrected chi connectivity index (χ2v) is 18.9. The molecule has 2 unspecified atom stereocenters. The van der Waals surface area contributed by atoms with Gasteiger partial charge >= 0.3 is 11.9 Å². The SMILES string of the molecule is Cc1cccc(NC(=O)C(C2CCCCC2)N(CC(=O)O/C(C(=O)N(CC(=O)O)C(C(=O)NC2CCCCC2)C2CCCCC2)=C2/C(=O)Nc3ccccc32)C(=O)C(=O)c2c[nH]c3ccccc23)c1. The van der Waals surface area contributed by atoms with E-state index < -0.39 is 90.0 Å². The number of para-hydroxylation sites is 2. The molecule has 2 atom stereocenters. The van der Waals surface area contributed by atoms with Gasteiger partial charge in [-0.1, -0.05) is 106 Å². The number of nitrogens with zero attached hydrogens (tertiary/aromatic N) is 2. The molecule has 69 heavy (non-hydrogen) atoms. The van der Waals surface area contributed by atoms with Crippen molar-refractivity contribution in [2.75, 3.05) is 23.7 Å². The van der Waals surface area contributed by atoms with Crippen LogP contribution in [0.1, 0.15) is 118 Å². The summed E-state index contributed by atoms with van der Waals surface area (Å²) in [6, 6.07) is 17.4. The molecule has 4 aliphatic rings. The Balaban J connectivity index is 1.21. The highest BCUT2D eigenvalue weighted by atomic mass is 16.5. The molecule has 2 heterocycles. The van der Waals surface area contributed by atoms with E-state index in [0.29, 0.717) is 42.3 Å². The smallest absolute Gasteiger partial charge is 0.331 e. The molecule has 16 nitrogen and oxygen atoms in total. The van der Waals surface area contributed by atoms with Gasteiger partial charge in [-0.05, 0) is 87.1 Å². The van der Waals surface area contributed by atoms with Gasteiger partial charge in [-0.3, -0.25) is 33.6 Å². The number of aliphatic carboxylic acids is 1. The Labute approximate surface area is 400 Å². The molecular weight excluding hydrogens is 881 g/mol. The summed E-state index contributed by atoms with van der Waals surface area (Å²) in [5, 5.41) is 19.6. The second-order valence-electron chi connectivity index (χ2n) is 18.9. The molecule has 0 bridgehead atoms. The average molecular weight is 941 g/mol. The van der Waals surface area contributed by atoms with E-state index in [0.717, 1.165) is 86.0 Å². The van der Waals surface area contributed by atoms with E-state index in [1.54, 1.807) is 60.7 Å². The molecule has 4 aromatic rings. The minimum Gasteiger partial charge on any atom is -0.480 e. The van der Waals surface area contributed by atoms with Crippen LogP contribution in [0.4, 0.5) is 11.4 Å². The Hall–Kier alpha value is -7.10. The van der Waals surface area contributed by atoms with E-state index in [9.17, 15) is 38.7 Å². The van der Waals surface area contributed by atoms with Gasteiger partial charge in [-0.2, -0.15) is 0 Å². The fourth-order valence-corrected chi connectivity index (χ4v) is 10.8. The molecule has 0 radical (unpaired) electrons. The van der Waals surface area contributed by atoms with Crippen LogP contribution < -0.4 is 16.0 Å². The summed E-state index contributed by atoms with van der Waals surface area (Å²) in [6.45, 7) is -0.146. The van der Waals surface area contributed by atoms with Crippen LogP contribution in [0.15, 0.2) is 84.8 Å². The zero-order chi connectivity index (χ0) is 48.6. The van der Waals surface area contributed by atoms with Crippen molar-refractivity contribution >= 4 is 75.1 Å². The van der Waals surface area contributed by atoms with Gasteiger partial charge in [0.05, 0.1) is 11.1 Å².